The molecule has 0 aliphatic rings. The molecule has 3 N–H and O–H groups in total. The number of hydrogen-bond donors (Lipinski definition) is 2. The summed E-state index contributed by atoms with van der Waals surface area (Å²) in [5.41, 5.74) is 8.46. The summed E-state index contributed by atoms with van der Waals surface area (Å²) in [6, 6.07) is 16.4. The number of aromatic nitrogens is 2. The number of thiophene rings is 1. The van der Waals surface area contributed by atoms with E-state index in [1.54, 1.807) is 16.8 Å². The van der Waals surface area contributed by atoms with Crippen LogP contribution in [0.4, 0.5) is 5.82 Å². The molecule has 4 aromatic rings. The molecule has 7 nitrogen and oxygen atoms in total. The average molecular weight is 493 g/mol. The second-order valence-corrected chi connectivity index (χ2v) is 10.2. The van der Waals surface area contributed by atoms with Gasteiger partial charge in [-0.05, 0) is 35.4 Å². The summed E-state index contributed by atoms with van der Waals surface area (Å²) in [6.45, 7) is 4.93. The maximum atomic E-state index is 12.8. The highest BCUT2D eigenvalue weighted by molar-refractivity contribution is 7.94. The fourth-order valence-electron chi connectivity index (χ4n) is 3.13. The van der Waals surface area contributed by atoms with Gasteiger partial charge in [0.05, 0.1) is 28.9 Å². The summed E-state index contributed by atoms with van der Waals surface area (Å²) < 4.78 is 36.0. The molecule has 2 aromatic heterocycles. The normalized spacial score (nSPS) is 11.2. The third-order valence-electron chi connectivity index (χ3n) is 4.60. The highest BCUT2D eigenvalue weighted by Gasteiger charge is 2.22. The van der Waals surface area contributed by atoms with Crippen LogP contribution in [0.15, 0.2) is 58.8 Å². The van der Waals surface area contributed by atoms with Crippen molar-refractivity contribution in [3.8, 4) is 5.75 Å². The van der Waals surface area contributed by atoms with Crippen molar-refractivity contribution in [1.82, 2.24) is 9.78 Å². The molecule has 0 saturated carbocycles. The zero-order chi connectivity index (χ0) is 23.3. The number of halogens is 1. The number of rotatable bonds is 7. The first-order valence-corrected chi connectivity index (χ1v) is 12.7. The molecule has 2 aromatic carbocycles. The lowest BCUT2D eigenvalue weighted by Gasteiger charge is -2.06. The molecule has 170 valence electrons. The highest BCUT2D eigenvalue weighted by atomic mass is 35.5. The maximum Gasteiger partial charge on any atom is 0.272 e. The van der Waals surface area contributed by atoms with E-state index in [0.29, 0.717) is 28.6 Å². The number of nitrogens with one attached hydrogen (secondary N) is 1. The Bertz CT molecular complexity index is 1300. The van der Waals surface area contributed by atoms with Crippen molar-refractivity contribution in [2.45, 2.75) is 31.1 Å². The molecule has 0 radical (unpaired) electrons. The van der Waals surface area contributed by atoms with Crippen LogP contribution in [0, 0.1) is 0 Å². The monoisotopic (exact) mass is 492 g/mol. The number of benzene rings is 2. The van der Waals surface area contributed by atoms with Crippen molar-refractivity contribution >= 4 is 49.7 Å². The van der Waals surface area contributed by atoms with Crippen LogP contribution in [-0.2, 0) is 23.1 Å². The number of sulfonamides is 1. The van der Waals surface area contributed by atoms with Crippen LogP contribution in [0.5, 0.6) is 5.75 Å². The van der Waals surface area contributed by atoms with Crippen molar-refractivity contribution in [2.75, 3.05) is 11.8 Å². The molecule has 0 amide bonds. The van der Waals surface area contributed by atoms with Gasteiger partial charge in [0.1, 0.15) is 9.96 Å². The zero-order valence-corrected chi connectivity index (χ0v) is 20.4. The Labute approximate surface area is 196 Å². The molecule has 0 fully saturated rings. The van der Waals surface area contributed by atoms with E-state index in [1.807, 2.05) is 50.2 Å². The standard InChI is InChI=1S/C20H19ClN4O3S2.C2H6/c1-28-16-4-2-3-15-19(16)20(24-30(26,27)18-10-9-17(21)29-18)23-25(15)12-14-7-5-13(11-22)6-8-14;1-2/h2-10H,11-12,22H2,1H3,(H,23,24);1-2H3. The van der Waals surface area contributed by atoms with E-state index in [1.165, 1.54) is 13.2 Å². The molecule has 0 aliphatic heterocycles. The Kier molecular flexibility index (Phi) is 7.78. The Hall–Kier alpha value is -2.59. The van der Waals surface area contributed by atoms with E-state index in [-0.39, 0.29) is 10.0 Å². The summed E-state index contributed by atoms with van der Waals surface area (Å²) in [4.78, 5) is 0. The molecule has 0 bridgehead atoms. The summed E-state index contributed by atoms with van der Waals surface area (Å²) >= 11 is 6.89. The Morgan fingerprint density at radius 1 is 1.09 bits per heavy atom. The predicted octanol–water partition coefficient (Wildman–Crippen LogP) is 5.09. The number of ether oxygens (including phenoxy) is 1. The minimum Gasteiger partial charge on any atom is -0.496 e. The number of hydrogen-bond acceptors (Lipinski definition) is 6. The minimum atomic E-state index is -3.84. The van der Waals surface area contributed by atoms with E-state index in [4.69, 9.17) is 22.1 Å². The van der Waals surface area contributed by atoms with Crippen LogP contribution in [0.3, 0.4) is 0 Å². The van der Waals surface area contributed by atoms with Gasteiger partial charge in [-0.15, -0.1) is 11.3 Å². The van der Waals surface area contributed by atoms with Crippen LogP contribution < -0.4 is 15.2 Å². The third kappa shape index (κ3) is 5.07. The molecular formula is C22H25ClN4O3S2. The lowest BCUT2D eigenvalue weighted by atomic mass is 10.1. The average Bonchev–Trinajstić information content (AvgIpc) is 3.40. The zero-order valence-electron chi connectivity index (χ0n) is 18.0. The van der Waals surface area contributed by atoms with E-state index >= 15 is 0 Å². The number of anilines is 1. The molecule has 32 heavy (non-hydrogen) atoms. The second-order valence-electron chi connectivity index (χ2n) is 6.55. The third-order valence-corrected chi connectivity index (χ3v) is 7.66. The largest absolute Gasteiger partial charge is 0.496 e. The van der Waals surface area contributed by atoms with Gasteiger partial charge in [0.2, 0.25) is 0 Å². The van der Waals surface area contributed by atoms with Crippen LogP contribution in [-0.4, -0.2) is 25.3 Å². The van der Waals surface area contributed by atoms with E-state index in [0.717, 1.165) is 28.0 Å². The summed E-state index contributed by atoms with van der Waals surface area (Å²) in [5.74, 6) is 0.727. The van der Waals surface area contributed by atoms with E-state index < -0.39 is 10.0 Å². The lowest BCUT2D eigenvalue weighted by Crippen LogP contribution is -2.12. The van der Waals surface area contributed by atoms with Gasteiger partial charge < -0.3 is 10.5 Å². The molecule has 0 saturated heterocycles. The number of methoxy groups -OCH3 is 1. The van der Waals surface area contributed by atoms with Crippen molar-refractivity contribution in [2.24, 2.45) is 5.73 Å². The Balaban J connectivity index is 0.00000141. The second kappa shape index (κ2) is 10.4. The number of fused-ring (bicyclic) bond motifs is 1. The maximum absolute atomic E-state index is 12.8. The molecule has 0 unspecified atom stereocenters. The smallest absolute Gasteiger partial charge is 0.272 e. The van der Waals surface area contributed by atoms with E-state index in [2.05, 4.69) is 9.82 Å². The van der Waals surface area contributed by atoms with Gasteiger partial charge in [-0.2, -0.15) is 5.10 Å². The molecule has 4 rings (SSSR count). The Morgan fingerprint density at radius 3 is 2.38 bits per heavy atom. The fourth-order valence-corrected chi connectivity index (χ4v) is 5.63. The number of nitrogens with zero attached hydrogens (tertiary/aromatic N) is 2. The molecule has 10 heteroatoms. The van der Waals surface area contributed by atoms with Crippen molar-refractivity contribution in [1.29, 1.82) is 0 Å². The van der Waals surface area contributed by atoms with Gasteiger partial charge in [-0.3, -0.25) is 9.40 Å². The SMILES string of the molecule is CC.COc1cccc2c1c(NS(=O)(=O)c1ccc(Cl)s1)nn2Cc1ccc(CN)cc1. The van der Waals surface area contributed by atoms with Crippen molar-refractivity contribution < 1.29 is 13.2 Å². The van der Waals surface area contributed by atoms with Gasteiger partial charge in [0.25, 0.3) is 10.0 Å². The molecule has 2 heterocycles. The van der Waals surface area contributed by atoms with Crippen molar-refractivity contribution in [3.63, 3.8) is 0 Å². The quantitative estimate of drug-likeness (QED) is 0.374. The predicted molar refractivity (Wildman–Crippen MR) is 131 cm³/mol. The first-order valence-electron chi connectivity index (χ1n) is 10.0. The minimum absolute atomic E-state index is 0.113. The summed E-state index contributed by atoms with van der Waals surface area (Å²) in [5, 5.41) is 5.13. The van der Waals surface area contributed by atoms with Gasteiger partial charge in [-0.1, -0.05) is 55.8 Å². The molecular weight excluding hydrogens is 468 g/mol. The fraction of sp³-hybridized carbons (Fsp3) is 0.227. The van der Waals surface area contributed by atoms with Gasteiger partial charge >= 0.3 is 0 Å². The van der Waals surface area contributed by atoms with Gasteiger partial charge in [-0.25, -0.2) is 8.42 Å². The first-order chi connectivity index (χ1) is 15.4. The van der Waals surface area contributed by atoms with Crippen LogP contribution in [0.2, 0.25) is 4.34 Å². The highest BCUT2D eigenvalue weighted by Crippen LogP contribution is 2.35. The topological polar surface area (TPSA) is 99.2 Å². The Morgan fingerprint density at radius 2 is 1.78 bits per heavy atom. The van der Waals surface area contributed by atoms with Gasteiger partial charge in [0.15, 0.2) is 5.82 Å². The van der Waals surface area contributed by atoms with Crippen molar-refractivity contribution in [3.05, 3.63) is 70.1 Å². The number of nitrogens with two attached hydrogens (primary N) is 1. The molecule has 0 atom stereocenters. The van der Waals surface area contributed by atoms with Gasteiger partial charge in [0, 0.05) is 6.54 Å². The van der Waals surface area contributed by atoms with Crippen LogP contribution >= 0.6 is 22.9 Å². The molecule has 0 spiro atoms. The first kappa shape index (κ1) is 24.1. The van der Waals surface area contributed by atoms with Crippen LogP contribution in [0.25, 0.3) is 10.9 Å². The molecule has 0 aliphatic carbocycles. The summed E-state index contributed by atoms with van der Waals surface area (Å²) in [7, 11) is -2.30. The summed E-state index contributed by atoms with van der Waals surface area (Å²) in [6.07, 6.45) is 0. The van der Waals surface area contributed by atoms with E-state index in [9.17, 15) is 8.42 Å². The lowest BCUT2D eigenvalue weighted by molar-refractivity contribution is 0.420. The van der Waals surface area contributed by atoms with Crippen LogP contribution in [0.1, 0.15) is 25.0 Å².